The number of hydrogen-bond acceptors (Lipinski definition) is 12. The van der Waals surface area contributed by atoms with Crippen LogP contribution in [0.5, 0.6) is 0 Å². The summed E-state index contributed by atoms with van der Waals surface area (Å²) in [7, 11) is 0. The number of carbonyl (C=O) groups excluding carboxylic acids is 3. The van der Waals surface area contributed by atoms with Gasteiger partial charge in [0.1, 0.15) is 18.3 Å². The predicted molar refractivity (Wildman–Crippen MR) is 154 cm³/mol. The van der Waals surface area contributed by atoms with Crippen LogP contribution >= 0.6 is 0 Å². The highest BCUT2D eigenvalue weighted by molar-refractivity contribution is 5.67. The van der Waals surface area contributed by atoms with E-state index in [0.717, 1.165) is 38.2 Å². The largest absolute Gasteiger partial charge is 0.455 e. The molecular weight excluding hydrogens is 564 g/mol. The summed E-state index contributed by atoms with van der Waals surface area (Å²) in [6.07, 6.45) is 0.145. The van der Waals surface area contributed by atoms with Crippen molar-refractivity contribution in [2.24, 2.45) is 0 Å². The fourth-order valence-corrected chi connectivity index (χ4v) is 4.65. The molecule has 0 saturated carbocycles. The van der Waals surface area contributed by atoms with Crippen LogP contribution in [0.3, 0.4) is 0 Å². The minimum atomic E-state index is -1.49. The zero-order chi connectivity index (χ0) is 32.1. The maximum Gasteiger partial charge on any atom is 0.303 e. The number of rotatable bonds is 14. The van der Waals surface area contributed by atoms with Crippen molar-refractivity contribution >= 4 is 17.9 Å². The molecule has 2 N–H and O–H groups in total. The standard InChI is InChI=1S/C31H48O12/c1-18(2)10-8-11-19(3)12-9-13-20(4)14-15-37-30-29(42-23(7)34)27(40-21(5)32)25(17-39-30)43-31-28(41-22(6)33)26(36)24(35)16-38-31/h10,12,14,24-31,35-36H,8-9,11,13,15-17H2,1-7H3/b19-12+,20-14+/t24-,25-,26-,27-,28+,29+,30-,31+/m1/s1. The van der Waals surface area contributed by atoms with Crippen LogP contribution in [0, 0.1) is 0 Å². The van der Waals surface area contributed by atoms with Crippen LogP contribution in [0.1, 0.15) is 74.1 Å². The lowest BCUT2D eigenvalue weighted by Crippen LogP contribution is -2.61. The summed E-state index contributed by atoms with van der Waals surface area (Å²) in [4.78, 5) is 35.7. The predicted octanol–water partition coefficient (Wildman–Crippen LogP) is 3.04. The van der Waals surface area contributed by atoms with Crippen molar-refractivity contribution in [1.82, 2.24) is 0 Å². The number of hydrogen-bond donors (Lipinski definition) is 2. The molecule has 8 atom stereocenters. The summed E-state index contributed by atoms with van der Waals surface area (Å²) in [5.74, 6) is -2.07. The van der Waals surface area contributed by atoms with Gasteiger partial charge in [0.15, 0.2) is 30.9 Å². The Morgan fingerprint density at radius 1 is 0.698 bits per heavy atom. The summed E-state index contributed by atoms with van der Waals surface area (Å²) in [5, 5.41) is 20.4. The third kappa shape index (κ3) is 12.9. The molecule has 0 aromatic carbocycles. The summed E-state index contributed by atoms with van der Waals surface area (Å²) in [5.41, 5.74) is 3.77. The van der Waals surface area contributed by atoms with Gasteiger partial charge in [-0.3, -0.25) is 14.4 Å². The lowest BCUT2D eigenvalue weighted by molar-refractivity contribution is -0.330. The molecule has 0 amide bonds. The minimum absolute atomic E-state index is 0.153. The first-order valence-corrected chi connectivity index (χ1v) is 14.6. The Morgan fingerprint density at radius 2 is 1.23 bits per heavy atom. The number of aliphatic hydroxyl groups excluding tert-OH is 2. The van der Waals surface area contributed by atoms with Crippen LogP contribution in [-0.4, -0.2) is 97.1 Å². The Kier molecular flexibility index (Phi) is 15.5. The second kappa shape index (κ2) is 18.3. The van der Waals surface area contributed by atoms with Gasteiger partial charge in [-0.1, -0.05) is 34.9 Å². The highest BCUT2D eigenvalue weighted by Gasteiger charge is 2.50. The summed E-state index contributed by atoms with van der Waals surface area (Å²) < 4.78 is 39.3. The molecule has 2 rings (SSSR count). The quantitative estimate of drug-likeness (QED) is 0.168. The van der Waals surface area contributed by atoms with Gasteiger partial charge in [-0.15, -0.1) is 0 Å². The fourth-order valence-electron chi connectivity index (χ4n) is 4.65. The third-order valence-electron chi connectivity index (χ3n) is 6.84. The molecule has 244 valence electrons. The van der Waals surface area contributed by atoms with Gasteiger partial charge in [-0.25, -0.2) is 0 Å². The molecule has 12 nitrogen and oxygen atoms in total. The smallest absolute Gasteiger partial charge is 0.303 e. The second-order valence-corrected chi connectivity index (χ2v) is 11.2. The van der Waals surface area contributed by atoms with E-state index in [1.54, 1.807) is 0 Å². The Bertz CT molecular complexity index is 1010. The molecule has 0 aromatic heterocycles. The molecule has 0 bridgehead atoms. The molecule has 2 saturated heterocycles. The van der Waals surface area contributed by atoms with Crippen LogP contribution in [-0.2, 0) is 47.5 Å². The monoisotopic (exact) mass is 612 g/mol. The highest BCUT2D eigenvalue weighted by Crippen LogP contribution is 2.29. The van der Waals surface area contributed by atoms with Gasteiger partial charge in [0.25, 0.3) is 0 Å². The van der Waals surface area contributed by atoms with Crippen LogP contribution in [0.25, 0.3) is 0 Å². The number of aliphatic hydroxyl groups is 2. The van der Waals surface area contributed by atoms with Crippen molar-refractivity contribution in [3.05, 3.63) is 34.9 Å². The molecule has 0 aliphatic carbocycles. The minimum Gasteiger partial charge on any atom is -0.455 e. The van der Waals surface area contributed by atoms with Gasteiger partial charge >= 0.3 is 17.9 Å². The Morgan fingerprint density at radius 3 is 1.84 bits per heavy atom. The van der Waals surface area contributed by atoms with Crippen molar-refractivity contribution < 1.29 is 57.8 Å². The molecule has 2 aliphatic heterocycles. The van der Waals surface area contributed by atoms with E-state index in [4.69, 9.17) is 33.2 Å². The Balaban J connectivity index is 2.08. The summed E-state index contributed by atoms with van der Waals surface area (Å²) >= 11 is 0. The van der Waals surface area contributed by atoms with E-state index >= 15 is 0 Å². The van der Waals surface area contributed by atoms with E-state index in [1.807, 2.05) is 13.0 Å². The van der Waals surface area contributed by atoms with E-state index in [1.165, 1.54) is 25.0 Å². The van der Waals surface area contributed by atoms with E-state index in [0.29, 0.717) is 0 Å². The average Bonchev–Trinajstić information content (AvgIpc) is 2.90. The van der Waals surface area contributed by atoms with Crippen molar-refractivity contribution in [3.8, 4) is 0 Å². The Hall–Kier alpha value is -2.61. The lowest BCUT2D eigenvalue weighted by Gasteiger charge is -2.43. The van der Waals surface area contributed by atoms with E-state index in [-0.39, 0.29) is 19.8 Å². The number of carbonyl (C=O) groups is 3. The van der Waals surface area contributed by atoms with Crippen molar-refractivity contribution in [1.29, 1.82) is 0 Å². The molecule has 43 heavy (non-hydrogen) atoms. The van der Waals surface area contributed by atoms with E-state index in [9.17, 15) is 24.6 Å². The molecule has 2 aliphatic rings. The maximum atomic E-state index is 12.0. The summed E-state index contributed by atoms with van der Waals surface area (Å²) in [6, 6.07) is 0. The number of ether oxygens (including phenoxy) is 7. The summed E-state index contributed by atoms with van der Waals surface area (Å²) in [6.45, 7) is 11.5. The maximum absolute atomic E-state index is 12.0. The first kappa shape index (κ1) is 36.6. The van der Waals surface area contributed by atoms with Gasteiger partial charge in [-0.05, 0) is 53.4 Å². The highest BCUT2D eigenvalue weighted by atomic mass is 16.8. The first-order chi connectivity index (χ1) is 20.3. The molecule has 2 fully saturated rings. The van der Waals surface area contributed by atoms with Crippen LogP contribution in [0.2, 0.25) is 0 Å². The van der Waals surface area contributed by atoms with Crippen molar-refractivity contribution in [2.45, 2.75) is 123 Å². The number of allylic oxidation sites excluding steroid dienone is 5. The van der Waals surface area contributed by atoms with Crippen LogP contribution in [0.4, 0.5) is 0 Å². The molecule has 0 radical (unpaired) electrons. The molecule has 0 spiro atoms. The molecule has 12 heteroatoms. The van der Waals surface area contributed by atoms with E-state index in [2.05, 4.69) is 32.9 Å². The van der Waals surface area contributed by atoms with Crippen molar-refractivity contribution in [3.63, 3.8) is 0 Å². The zero-order valence-electron chi connectivity index (χ0n) is 26.3. The van der Waals surface area contributed by atoms with Gasteiger partial charge in [0.05, 0.1) is 19.8 Å². The third-order valence-corrected chi connectivity index (χ3v) is 6.84. The van der Waals surface area contributed by atoms with Gasteiger partial charge in [0, 0.05) is 20.8 Å². The first-order valence-electron chi connectivity index (χ1n) is 14.6. The normalized spacial score (nSPS) is 29.9. The van der Waals surface area contributed by atoms with Crippen molar-refractivity contribution in [2.75, 3.05) is 19.8 Å². The topological polar surface area (TPSA) is 156 Å². The second-order valence-electron chi connectivity index (χ2n) is 11.2. The van der Waals surface area contributed by atoms with Gasteiger partial charge in [-0.2, -0.15) is 0 Å². The number of esters is 3. The zero-order valence-corrected chi connectivity index (χ0v) is 26.3. The molecular formula is C31H48O12. The Labute approximate surface area is 253 Å². The van der Waals surface area contributed by atoms with Crippen LogP contribution in [0.15, 0.2) is 34.9 Å². The molecule has 2 heterocycles. The lowest BCUT2D eigenvalue weighted by atomic mass is 10.0. The van der Waals surface area contributed by atoms with Gasteiger partial charge in [0.2, 0.25) is 0 Å². The molecule has 0 aromatic rings. The van der Waals surface area contributed by atoms with Gasteiger partial charge < -0.3 is 43.4 Å². The van der Waals surface area contributed by atoms with Crippen LogP contribution < -0.4 is 0 Å². The SMILES string of the molecule is CC(=O)O[C@@H]1[C@H](O[C@@H]2CO[C@@H](OC/C=C(\C)CC/C=C(\C)CCC=C(C)C)[C@@H](OC(C)=O)[C@@H]2OC(C)=O)OC[C@@H](O)[C@H]1O. The molecule has 0 unspecified atom stereocenters. The van der Waals surface area contributed by atoms with E-state index < -0.39 is 67.1 Å². The fraction of sp³-hybridized carbons (Fsp3) is 0.710. The average molecular weight is 613 g/mol.